The molecular formula is C17H18N2O5S. The maximum absolute atomic E-state index is 12.7. The zero-order chi connectivity index (χ0) is 18.2. The van der Waals surface area contributed by atoms with Crippen molar-refractivity contribution in [3.05, 3.63) is 58.1 Å². The smallest absolute Gasteiger partial charge is 0.419 e. The minimum Gasteiger partial charge on any atom is -0.496 e. The third-order valence-corrected chi connectivity index (χ3v) is 5.57. The van der Waals surface area contributed by atoms with Crippen molar-refractivity contribution < 1.29 is 17.6 Å². The zero-order valence-electron chi connectivity index (χ0n) is 14.1. The van der Waals surface area contributed by atoms with E-state index in [0.29, 0.717) is 16.8 Å². The van der Waals surface area contributed by atoms with Crippen molar-refractivity contribution in [1.29, 1.82) is 0 Å². The van der Waals surface area contributed by atoms with Crippen LogP contribution in [0.1, 0.15) is 11.1 Å². The standard InChI is InChI=1S/C17H18N2O5S/c1-11-8-13-15(24-17(20)19(13)2)9-16(11)25(21,22)18-10-12-6-4-5-7-14(12)23-3/h4-9,18H,10H2,1-3H3. The number of nitrogens with one attached hydrogen (secondary N) is 1. The second-order valence-electron chi connectivity index (χ2n) is 5.65. The number of sulfonamides is 1. The van der Waals surface area contributed by atoms with Crippen molar-refractivity contribution in [2.24, 2.45) is 7.05 Å². The molecule has 3 aromatic rings. The first-order chi connectivity index (χ1) is 11.8. The lowest BCUT2D eigenvalue weighted by molar-refractivity contribution is 0.409. The van der Waals surface area contributed by atoms with Gasteiger partial charge >= 0.3 is 5.76 Å². The van der Waals surface area contributed by atoms with Crippen LogP contribution in [-0.2, 0) is 23.6 Å². The molecule has 0 aliphatic carbocycles. The number of para-hydroxylation sites is 1. The van der Waals surface area contributed by atoms with Crippen molar-refractivity contribution >= 4 is 21.1 Å². The Bertz CT molecular complexity index is 1100. The first kappa shape index (κ1) is 17.2. The fraction of sp³-hybridized carbons (Fsp3) is 0.235. The maximum atomic E-state index is 12.7. The minimum absolute atomic E-state index is 0.0734. The van der Waals surface area contributed by atoms with Crippen LogP contribution in [0.5, 0.6) is 5.75 Å². The van der Waals surface area contributed by atoms with Gasteiger partial charge in [0.25, 0.3) is 0 Å². The molecule has 0 fully saturated rings. The molecule has 2 aromatic carbocycles. The van der Waals surface area contributed by atoms with E-state index < -0.39 is 15.8 Å². The summed E-state index contributed by atoms with van der Waals surface area (Å²) in [4.78, 5) is 11.7. The molecule has 1 aromatic heterocycles. The summed E-state index contributed by atoms with van der Waals surface area (Å²) in [5, 5.41) is 0. The van der Waals surface area contributed by atoms with Crippen molar-refractivity contribution in [3.63, 3.8) is 0 Å². The normalized spacial score (nSPS) is 11.8. The maximum Gasteiger partial charge on any atom is 0.419 e. The summed E-state index contributed by atoms with van der Waals surface area (Å²) in [6, 6.07) is 10.2. The van der Waals surface area contributed by atoms with Gasteiger partial charge in [-0.15, -0.1) is 0 Å². The average Bonchev–Trinajstić information content (AvgIpc) is 2.87. The molecule has 0 amide bonds. The molecule has 0 radical (unpaired) electrons. The van der Waals surface area contributed by atoms with Gasteiger partial charge in [0, 0.05) is 25.2 Å². The summed E-state index contributed by atoms with van der Waals surface area (Å²) in [7, 11) is -0.684. The Morgan fingerprint density at radius 3 is 2.68 bits per heavy atom. The second-order valence-corrected chi connectivity index (χ2v) is 7.38. The quantitative estimate of drug-likeness (QED) is 0.749. The van der Waals surface area contributed by atoms with Gasteiger partial charge in [0.15, 0.2) is 5.58 Å². The average molecular weight is 362 g/mol. The Hall–Kier alpha value is -2.58. The molecule has 1 heterocycles. The fourth-order valence-corrected chi connectivity index (χ4v) is 3.89. The monoisotopic (exact) mass is 362 g/mol. The molecule has 0 unspecified atom stereocenters. The Morgan fingerprint density at radius 2 is 1.96 bits per heavy atom. The van der Waals surface area contributed by atoms with Crippen molar-refractivity contribution in [3.8, 4) is 5.75 Å². The van der Waals surface area contributed by atoms with Gasteiger partial charge in [0.2, 0.25) is 10.0 Å². The van der Waals surface area contributed by atoms with Crippen LogP contribution in [0.4, 0.5) is 0 Å². The van der Waals surface area contributed by atoms with E-state index in [1.54, 1.807) is 32.2 Å². The highest BCUT2D eigenvalue weighted by atomic mass is 32.2. The van der Waals surface area contributed by atoms with Crippen LogP contribution in [0.3, 0.4) is 0 Å². The third-order valence-electron chi connectivity index (χ3n) is 4.02. The summed E-state index contributed by atoms with van der Waals surface area (Å²) >= 11 is 0. The predicted molar refractivity (Wildman–Crippen MR) is 93.2 cm³/mol. The molecule has 0 atom stereocenters. The molecule has 0 saturated heterocycles. The van der Waals surface area contributed by atoms with E-state index >= 15 is 0 Å². The molecular weight excluding hydrogens is 344 g/mol. The van der Waals surface area contributed by atoms with E-state index in [4.69, 9.17) is 9.15 Å². The van der Waals surface area contributed by atoms with Crippen LogP contribution in [-0.4, -0.2) is 20.1 Å². The lowest BCUT2D eigenvalue weighted by Gasteiger charge is -2.11. The van der Waals surface area contributed by atoms with Crippen LogP contribution in [0.25, 0.3) is 11.1 Å². The van der Waals surface area contributed by atoms with E-state index in [1.807, 2.05) is 12.1 Å². The molecule has 0 spiro atoms. The highest BCUT2D eigenvalue weighted by Crippen LogP contribution is 2.23. The summed E-state index contributed by atoms with van der Waals surface area (Å²) in [6.07, 6.45) is 0. The minimum atomic E-state index is -3.79. The number of aryl methyl sites for hydroxylation is 2. The lowest BCUT2D eigenvalue weighted by Crippen LogP contribution is -2.24. The Morgan fingerprint density at radius 1 is 1.24 bits per heavy atom. The van der Waals surface area contributed by atoms with Gasteiger partial charge in [-0.2, -0.15) is 0 Å². The summed E-state index contributed by atoms with van der Waals surface area (Å²) in [5.41, 5.74) is 2.02. The summed E-state index contributed by atoms with van der Waals surface area (Å²) in [6.45, 7) is 1.76. The van der Waals surface area contributed by atoms with Gasteiger partial charge < -0.3 is 9.15 Å². The Kier molecular flexibility index (Phi) is 4.40. The van der Waals surface area contributed by atoms with Gasteiger partial charge in [0.1, 0.15) is 5.75 Å². The largest absolute Gasteiger partial charge is 0.496 e. The van der Waals surface area contributed by atoms with E-state index in [9.17, 15) is 13.2 Å². The van der Waals surface area contributed by atoms with Crippen LogP contribution in [0.2, 0.25) is 0 Å². The van der Waals surface area contributed by atoms with Gasteiger partial charge in [-0.1, -0.05) is 18.2 Å². The first-order valence-electron chi connectivity index (χ1n) is 7.55. The molecule has 1 N–H and O–H groups in total. The molecule has 25 heavy (non-hydrogen) atoms. The van der Waals surface area contributed by atoms with Crippen LogP contribution < -0.4 is 15.2 Å². The van der Waals surface area contributed by atoms with Gasteiger partial charge in [-0.25, -0.2) is 17.9 Å². The molecule has 0 bridgehead atoms. The van der Waals surface area contributed by atoms with Crippen LogP contribution >= 0.6 is 0 Å². The van der Waals surface area contributed by atoms with E-state index in [1.165, 1.54) is 17.7 Å². The van der Waals surface area contributed by atoms with Crippen molar-refractivity contribution in [1.82, 2.24) is 9.29 Å². The SMILES string of the molecule is COc1ccccc1CNS(=O)(=O)c1cc2oc(=O)n(C)c2cc1C. The van der Waals surface area contributed by atoms with E-state index in [2.05, 4.69) is 4.72 Å². The number of rotatable bonds is 5. The number of oxazole rings is 1. The molecule has 132 valence electrons. The predicted octanol–water partition coefficient (Wildman–Crippen LogP) is 1.93. The second kappa shape index (κ2) is 6.38. The molecule has 0 aliphatic rings. The lowest BCUT2D eigenvalue weighted by atomic mass is 10.2. The zero-order valence-corrected chi connectivity index (χ0v) is 14.9. The molecule has 0 saturated carbocycles. The number of hydrogen-bond acceptors (Lipinski definition) is 5. The number of benzene rings is 2. The molecule has 3 rings (SSSR count). The van der Waals surface area contributed by atoms with Crippen molar-refractivity contribution in [2.75, 3.05) is 7.11 Å². The number of hydrogen-bond donors (Lipinski definition) is 1. The van der Waals surface area contributed by atoms with Gasteiger partial charge in [-0.05, 0) is 24.6 Å². The third kappa shape index (κ3) is 3.18. The van der Waals surface area contributed by atoms with Gasteiger partial charge in [0.05, 0.1) is 17.5 Å². The van der Waals surface area contributed by atoms with Crippen LogP contribution in [0, 0.1) is 6.92 Å². The van der Waals surface area contributed by atoms with E-state index in [-0.39, 0.29) is 17.0 Å². The number of aromatic nitrogens is 1. The van der Waals surface area contributed by atoms with Crippen molar-refractivity contribution in [2.45, 2.75) is 18.4 Å². The number of ether oxygens (including phenoxy) is 1. The highest BCUT2D eigenvalue weighted by Gasteiger charge is 2.20. The summed E-state index contributed by atoms with van der Waals surface area (Å²) in [5.74, 6) is 0.0670. The number of fused-ring (bicyclic) bond motifs is 1. The molecule has 8 heteroatoms. The topological polar surface area (TPSA) is 90.5 Å². The fourth-order valence-electron chi connectivity index (χ4n) is 2.65. The summed E-state index contributed by atoms with van der Waals surface area (Å²) < 4.78 is 39.6. The van der Waals surface area contributed by atoms with Gasteiger partial charge in [-0.3, -0.25) is 4.57 Å². The van der Waals surface area contributed by atoms with E-state index in [0.717, 1.165) is 5.56 Å². The number of methoxy groups -OCH3 is 1. The molecule has 0 aliphatic heterocycles. The first-order valence-corrected chi connectivity index (χ1v) is 9.03. The highest BCUT2D eigenvalue weighted by molar-refractivity contribution is 7.89. The molecule has 7 nitrogen and oxygen atoms in total. The van der Waals surface area contributed by atoms with Crippen LogP contribution in [0.15, 0.2) is 50.5 Å². The Labute approximate surface area is 144 Å². The number of nitrogens with zero attached hydrogens (tertiary/aromatic N) is 1. The Balaban J connectivity index is 1.96.